The van der Waals surface area contributed by atoms with E-state index in [1.165, 1.54) is 61.8 Å². The van der Waals surface area contributed by atoms with Gasteiger partial charge in [0, 0.05) is 23.8 Å². The quantitative estimate of drug-likeness (QED) is 0.263. The van der Waals surface area contributed by atoms with Gasteiger partial charge in [-0.3, -0.25) is 0 Å². The van der Waals surface area contributed by atoms with Crippen LogP contribution in [-0.2, 0) is 6.42 Å². The van der Waals surface area contributed by atoms with Crippen molar-refractivity contribution in [2.24, 2.45) is 0 Å². The Morgan fingerprint density at radius 2 is 1.72 bits per heavy atom. The molecule has 0 saturated carbocycles. The van der Waals surface area contributed by atoms with Crippen molar-refractivity contribution in [2.75, 3.05) is 16.8 Å². The minimum Gasteiger partial charge on any atom is -0.348 e. The van der Waals surface area contributed by atoms with Crippen LogP contribution in [0.15, 0.2) is 48.7 Å². The Bertz CT molecular complexity index is 479. The molecule has 0 spiro atoms. The number of hydrogen-bond acceptors (Lipinski definition) is 1. The van der Waals surface area contributed by atoms with E-state index < -0.39 is 0 Å². The number of halogens is 1. The summed E-state index contributed by atoms with van der Waals surface area (Å²) in [5, 5.41) is 1.14. The molecule has 0 fully saturated rings. The van der Waals surface area contributed by atoms with Crippen LogP contribution in [0.1, 0.15) is 71.8 Å². The lowest BCUT2D eigenvalue weighted by atomic mass is 10.0. The third kappa shape index (κ3) is 10.5. The molecule has 0 aromatic heterocycles. The largest absolute Gasteiger partial charge is 0.348 e. The van der Waals surface area contributed by atoms with Gasteiger partial charge < -0.3 is 4.90 Å². The fourth-order valence-electron chi connectivity index (χ4n) is 2.88. The zero-order valence-corrected chi connectivity index (χ0v) is 18.4. The van der Waals surface area contributed by atoms with Crippen molar-refractivity contribution < 1.29 is 0 Å². The van der Waals surface area contributed by atoms with Crippen LogP contribution in [0.2, 0.25) is 0 Å². The SMILES string of the molecule is C/C1=C/N(CCCCCCBr)c2ccccc2CCC1.C=CC.CC. The standard InChI is InChI=1S/C18H26BrN.C3H6.C2H6/c1-16-9-8-11-17-10-4-5-12-18(17)20(15-16)14-7-3-2-6-13-19;1-3-2;1-2/h4-5,10,12,15H,2-3,6-9,11,13-14H2,1H3;3H,1H2,2H3;1-2H3/b16-15-;;. The second-order valence-electron chi connectivity index (χ2n) is 6.16. The van der Waals surface area contributed by atoms with E-state index in [9.17, 15) is 0 Å². The van der Waals surface area contributed by atoms with Crippen molar-refractivity contribution >= 4 is 21.6 Å². The Balaban J connectivity index is 0.00000104. The van der Waals surface area contributed by atoms with Crippen molar-refractivity contribution in [1.82, 2.24) is 0 Å². The van der Waals surface area contributed by atoms with E-state index in [-0.39, 0.29) is 0 Å². The Kier molecular flexibility index (Phi) is 15.8. The average Bonchev–Trinajstić information content (AvgIpc) is 2.62. The second-order valence-corrected chi connectivity index (χ2v) is 6.96. The number of unbranched alkanes of at least 4 members (excludes halogenated alkanes) is 3. The number of para-hydroxylation sites is 1. The molecule has 0 N–H and O–H groups in total. The van der Waals surface area contributed by atoms with E-state index in [1.807, 2.05) is 20.8 Å². The molecule has 2 heteroatoms. The highest BCUT2D eigenvalue weighted by molar-refractivity contribution is 9.09. The fraction of sp³-hybridized carbons (Fsp3) is 0.565. The van der Waals surface area contributed by atoms with Gasteiger partial charge >= 0.3 is 0 Å². The lowest BCUT2D eigenvalue weighted by Gasteiger charge is -2.26. The molecule has 1 aromatic rings. The summed E-state index contributed by atoms with van der Waals surface area (Å²) in [5.74, 6) is 0. The number of benzene rings is 1. The van der Waals surface area contributed by atoms with Gasteiger partial charge in [0.25, 0.3) is 0 Å². The van der Waals surface area contributed by atoms with Gasteiger partial charge in [-0.2, -0.15) is 0 Å². The van der Waals surface area contributed by atoms with Crippen LogP contribution in [0.4, 0.5) is 5.69 Å². The molecule has 0 bridgehead atoms. The number of fused-ring (bicyclic) bond motifs is 1. The maximum atomic E-state index is 3.51. The van der Waals surface area contributed by atoms with Crippen LogP contribution in [-0.4, -0.2) is 11.9 Å². The number of rotatable bonds is 6. The summed E-state index contributed by atoms with van der Waals surface area (Å²) in [6.07, 6.45) is 13.1. The molecular formula is C23H38BrN. The van der Waals surface area contributed by atoms with E-state index in [1.54, 1.807) is 6.08 Å². The molecule has 1 aliphatic heterocycles. The minimum absolute atomic E-state index is 1.14. The maximum absolute atomic E-state index is 3.51. The van der Waals surface area contributed by atoms with Crippen molar-refractivity contribution in [2.45, 2.75) is 72.6 Å². The molecule has 142 valence electrons. The van der Waals surface area contributed by atoms with Gasteiger partial charge in [-0.05, 0) is 57.6 Å². The number of nitrogens with zero attached hydrogens (tertiary/aromatic N) is 1. The second kappa shape index (κ2) is 16.4. The number of allylic oxidation sites excluding steroid dienone is 2. The lowest BCUT2D eigenvalue weighted by molar-refractivity contribution is 0.666. The molecule has 0 radical (unpaired) electrons. The zero-order chi connectivity index (χ0) is 18.9. The van der Waals surface area contributed by atoms with Gasteiger partial charge in [0.2, 0.25) is 0 Å². The van der Waals surface area contributed by atoms with E-state index in [0.29, 0.717) is 0 Å². The van der Waals surface area contributed by atoms with Crippen LogP contribution in [0.25, 0.3) is 0 Å². The van der Waals surface area contributed by atoms with Gasteiger partial charge in [-0.1, -0.05) is 72.5 Å². The summed E-state index contributed by atoms with van der Waals surface area (Å²) in [5.41, 5.74) is 4.45. The number of hydrogen-bond donors (Lipinski definition) is 0. The summed E-state index contributed by atoms with van der Waals surface area (Å²) in [4.78, 5) is 2.48. The highest BCUT2D eigenvalue weighted by atomic mass is 79.9. The molecule has 1 aliphatic rings. The molecule has 0 saturated heterocycles. The first-order valence-corrected chi connectivity index (χ1v) is 11.0. The highest BCUT2D eigenvalue weighted by Gasteiger charge is 2.11. The monoisotopic (exact) mass is 407 g/mol. The molecule has 25 heavy (non-hydrogen) atoms. The lowest BCUT2D eigenvalue weighted by Crippen LogP contribution is -2.20. The summed E-state index contributed by atoms with van der Waals surface area (Å²) in [7, 11) is 0. The average molecular weight is 408 g/mol. The summed E-state index contributed by atoms with van der Waals surface area (Å²) in [6.45, 7) is 12.7. The Hall–Kier alpha value is -1.02. The van der Waals surface area contributed by atoms with Crippen LogP contribution in [0, 0.1) is 0 Å². The molecule has 0 amide bonds. The maximum Gasteiger partial charge on any atom is 0.0438 e. The summed E-state index contributed by atoms with van der Waals surface area (Å²) < 4.78 is 0. The van der Waals surface area contributed by atoms with Crippen LogP contribution < -0.4 is 4.90 Å². The third-order valence-corrected chi connectivity index (χ3v) is 4.54. The molecule has 2 rings (SSSR count). The number of aryl methyl sites for hydroxylation is 1. The molecule has 1 aromatic carbocycles. The molecular weight excluding hydrogens is 370 g/mol. The highest BCUT2D eigenvalue weighted by Crippen LogP contribution is 2.27. The van der Waals surface area contributed by atoms with Gasteiger partial charge in [-0.15, -0.1) is 6.58 Å². The third-order valence-electron chi connectivity index (χ3n) is 3.98. The molecule has 1 heterocycles. The molecule has 0 unspecified atom stereocenters. The summed E-state index contributed by atoms with van der Waals surface area (Å²) >= 11 is 3.51. The van der Waals surface area contributed by atoms with Crippen molar-refractivity contribution in [3.63, 3.8) is 0 Å². The van der Waals surface area contributed by atoms with Crippen LogP contribution >= 0.6 is 15.9 Å². The predicted molar refractivity (Wildman–Crippen MR) is 120 cm³/mol. The Labute approximate surface area is 165 Å². The summed E-state index contributed by atoms with van der Waals surface area (Å²) in [6, 6.07) is 8.91. The van der Waals surface area contributed by atoms with Crippen molar-refractivity contribution in [1.29, 1.82) is 0 Å². The van der Waals surface area contributed by atoms with Crippen molar-refractivity contribution in [3.8, 4) is 0 Å². The van der Waals surface area contributed by atoms with E-state index in [0.717, 1.165) is 11.9 Å². The van der Waals surface area contributed by atoms with Gasteiger partial charge in [0.05, 0.1) is 0 Å². The van der Waals surface area contributed by atoms with Crippen LogP contribution in [0.3, 0.4) is 0 Å². The topological polar surface area (TPSA) is 3.24 Å². The molecule has 0 aliphatic carbocycles. The zero-order valence-electron chi connectivity index (χ0n) is 16.9. The van der Waals surface area contributed by atoms with Crippen molar-refractivity contribution in [3.05, 3.63) is 54.3 Å². The first-order chi connectivity index (χ1) is 12.2. The number of alkyl halides is 1. The Morgan fingerprint density at radius 3 is 2.40 bits per heavy atom. The van der Waals surface area contributed by atoms with E-state index in [4.69, 9.17) is 0 Å². The van der Waals surface area contributed by atoms with Gasteiger partial charge in [-0.25, -0.2) is 0 Å². The smallest absolute Gasteiger partial charge is 0.0438 e. The molecule has 1 nitrogen and oxygen atoms in total. The number of anilines is 1. The van der Waals surface area contributed by atoms with Gasteiger partial charge in [0.1, 0.15) is 0 Å². The first kappa shape index (κ1) is 24.0. The fourth-order valence-corrected chi connectivity index (χ4v) is 3.27. The Morgan fingerprint density at radius 1 is 1.08 bits per heavy atom. The molecule has 0 atom stereocenters. The van der Waals surface area contributed by atoms with Gasteiger partial charge in [0.15, 0.2) is 0 Å². The minimum atomic E-state index is 1.14. The van der Waals surface area contributed by atoms with Crippen LogP contribution in [0.5, 0.6) is 0 Å². The van der Waals surface area contributed by atoms with E-state index in [2.05, 4.69) is 64.8 Å². The van der Waals surface area contributed by atoms with E-state index >= 15 is 0 Å². The first-order valence-electron chi connectivity index (χ1n) is 9.87. The predicted octanol–water partition coefficient (Wildman–Crippen LogP) is 7.91. The normalized spacial score (nSPS) is 15.1.